The number of sulfonamides is 1. The number of esters is 1. The minimum atomic E-state index is -3.77. The van der Waals surface area contributed by atoms with Gasteiger partial charge in [0, 0.05) is 18.7 Å². The van der Waals surface area contributed by atoms with Crippen molar-refractivity contribution in [2.75, 3.05) is 20.7 Å². The molecule has 1 unspecified atom stereocenters. The summed E-state index contributed by atoms with van der Waals surface area (Å²) in [4.78, 5) is 11.4. The molecule has 0 aromatic carbocycles. The van der Waals surface area contributed by atoms with Crippen molar-refractivity contribution < 1.29 is 22.4 Å². The van der Waals surface area contributed by atoms with Crippen molar-refractivity contribution in [3.63, 3.8) is 0 Å². The number of likely N-dealkylation sites (N-methyl/N-ethyl adjacent to an activating group) is 1. The molecule has 1 atom stereocenters. The predicted octanol–water partition coefficient (Wildman–Crippen LogP) is 0.261. The third kappa shape index (κ3) is 3.79. The summed E-state index contributed by atoms with van der Waals surface area (Å²) in [7, 11) is -0.828. The second-order valence-corrected chi connectivity index (χ2v) is 5.77. The number of aryl methyl sites for hydroxylation is 1. The topological polar surface area (TPSA) is 97.6 Å². The van der Waals surface area contributed by atoms with E-state index in [-0.39, 0.29) is 29.0 Å². The highest BCUT2D eigenvalue weighted by atomic mass is 32.2. The third-order valence-corrected chi connectivity index (χ3v) is 3.92. The molecule has 0 fully saturated rings. The zero-order valence-electron chi connectivity index (χ0n) is 11.3. The van der Waals surface area contributed by atoms with Crippen LogP contribution in [0.1, 0.15) is 23.0 Å². The number of rotatable bonds is 6. The standard InChI is InChI=1S/C11H18N2O5S/c1-7(12-3)6-13-19(15,16)10-5-9(8(2)18-10)11(14)17-4/h5,7,12-13H,6H2,1-4H3. The summed E-state index contributed by atoms with van der Waals surface area (Å²) in [5.74, 6) is -0.430. The first-order valence-corrected chi connectivity index (χ1v) is 7.15. The summed E-state index contributed by atoms with van der Waals surface area (Å²) < 4.78 is 35.9. The normalized spacial score (nSPS) is 13.3. The van der Waals surface area contributed by atoms with Gasteiger partial charge >= 0.3 is 5.97 Å². The van der Waals surface area contributed by atoms with Crippen LogP contribution in [-0.2, 0) is 14.8 Å². The highest BCUT2D eigenvalue weighted by Crippen LogP contribution is 2.19. The van der Waals surface area contributed by atoms with Crippen LogP contribution in [0, 0.1) is 6.92 Å². The Morgan fingerprint density at radius 3 is 2.68 bits per heavy atom. The largest absolute Gasteiger partial charge is 0.465 e. The Kier molecular flexibility index (Phi) is 5.10. The Labute approximate surface area is 112 Å². The van der Waals surface area contributed by atoms with Crippen LogP contribution in [-0.4, -0.2) is 41.1 Å². The van der Waals surface area contributed by atoms with Gasteiger partial charge in [-0.2, -0.15) is 0 Å². The first-order valence-electron chi connectivity index (χ1n) is 5.67. The van der Waals surface area contributed by atoms with Crippen molar-refractivity contribution in [2.45, 2.75) is 25.0 Å². The minimum absolute atomic E-state index is 0.0223. The highest BCUT2D eigenvalue weighted by Gasteiger charge is 2.24. The quantitative estimate of drug-likeness (QED) is 0.729. The molecule has 0 aliphatic rings. The van der Waals surface area contributed by atoms with Gasteiger partial charge in [-0.15, -0.1) is 0 Å². The van der Waals surface area contributed by atoms with Crippen molar-refractivity contribution in [3.05, 3.63) is 17.4 Å². The van der Waals surface area contributed by atoms with Gasteiger partial charge in [0.05, 0.1) is 7.11 Å². The molecule has 1 rings (SSSR count). The molecule has 19 heavy (non-hydrogen) atoms. The molecule has 0 aliphatic heterocycles. The summed E-state index contributed by atoms with van der Waals surface area (Å²) in [6.45, 7) is 3.55. The fourth-order valence-electron chi connectivity index (χ4n) is 1.31. The van der Waals surface area contributed by atoms with Crippen LogP contribution in [0.25, 0.3) is 0 Å². The number of carbonyl (C=O) groups excluding carboxylic acids is 1. The predicted molar refractivity (Wildman–Crippen MR) is 68.5 cm³/mol. The fourth-order valence-corrected chi connectivity index (χ4v) is 2.43. The molecule has 0 radical (unpaired) electrons. The highest BCUT2D eigenvalue weighted by molar-refractivity contribution is 7.89. The van der Waals surface area contributed by atoms with E-state index in [2.05, 4.69) is 14.8 Å². The summed E-state index contributed by atoms with van der Waals surface area (Å²) >= 11 is 0. The van der Waals surface area contributed by atoms with Crippen molar-refractivity contribution in [1.29, 1.82) is 0 Å². The molecule has 0 spiro atoms. The van der Waals surface area contributed by atoms with Gasteiger partial charge in [-0.25, -0.2) is 17.9 Å². The van der Waals surface area contributed by atoms with Crippen molar-refractivity contribution >= 4 is 16.0 Å². The van der Waals surface area contributed by atoms with E-state index in [4.69, 9.17) is 4.42 Å². The van der Waals surface area contributed by atoms with Crippen molar-refractivity contribution in [3.8, 4) is 0 Å². The molecule has 0 bridgehead atoms. The molecule has 0 saturated heterocycles. The van der Waals surface area contributed by atoms with E-state index >= 15 is 0 Å². The first kappa shape index (κ1) is 15.7. The van der Waals surface area contributed by atoms with E-state index in [9.17, 15) is 13.2 Å². The molecule has 108 valence electrons. The second-order valence-electron chi connectivity index (χ2n) is 4.07. The monoisotopic (exact) mass is 290 g/mol. The van der Waals surface area contributed by atoms with Gasteiger partial charge < -0.3 is 14.5 Å². The van der Waals surface area contributed by atoms with Crippen LogP contribution in [0.3, 0.4) is 0 Å². The van der Waals surface area contributed by atoms with Crippen LogP contribution in [0.4, 0.5) is 0 Å². The van der Waals surface area contributed by atoms with Crippen molar-refractivity contribution in [1.82, 2.24) is 10.0 Å². The number of ether oxygens (including phenoxy) is 1. The molecular formula is C11H18N2O5S. The number of carbonyl (C=O) groups is 1. The number of nitrogens with one attached hydrogen (secondary N) is 2. The number of furan rings is 1. The van der Waals surface area contributed by atoms with Gasteiger partial charge in [0.25, 0.3) is 10.0 Å². The molecule has 0 amide bonds. The molecule has 1 heterocycles. The number of hydrogen-bond donors (Lipinski definition) is 2. The maximum Gasteiger partial charge on any atom is 0.341 e. The van der Waals surface area contributed by atoms with Crippen molar-refractivity contribution in [2.24, 2.45) is 0 Å². The molecule has 1 aromatic rings. The van der Waals surface area contributed by atoms with E-state index in [1.165, 1.54) is 14.0 Å². The molecular weight excluding hydrogens is 272 g/mol. The van der Waals surface area contributed by atoms with E-state index in [0.717, 1.165) is 6.07 Å². The molecule has 7 nitrogen and oxygen atoms in total. The van der Waals surface area contributed by atoms with Crippen LogP contribution >= 0.6 is 0 Å². The van der Waals surface area contributed by atoms with E-state index in [1.807, 2.05) is 6.92 Å². The van der Waals surface area contributed by atoms with Gasteiger partial charge in [0.15, 0.2) is 0 Å². The second kappa shape index (κ2) is 6.18. The van der Waals surface area contributed by atoms with Crippen LogP contribution in [0.2, 0.25) is 0 Å². The van der Waals surface area contributed by atoms with Gasteiger partial charge in [-0.05, 0) is 20.9 Å². The van der Waals surface area contributed by atoms with Gasteiger partial charge in [0.2, 0.25) is 5.09 Å². The Balaban J connectivity index is 2.93. The molecule has 8 heteroatoms. The Morgan fingerprint density at radius 2 is 2.16 bits per heavy atom. The van der Waals surface area contributed by atoms with Crippen LogP contribution in [0.15, 0.2) is 15.6 Å². The van der Waals surface area contributed by atoms with Gasteiger partial charge in [0.1, 0.15) is 11.3 Å². The maximum absolute atomic E-state index is 11.9. The maximum atomic E-state index is 11.9. The summed E-state index contributed by atoms with van der Waals surface area (Å²) in [6.07, 6.45) is 0. The molecule has 0 aliphatic carbocycles. The number of hydrogen-bond acceptors (Lipinski definition) is 6. The lowest BCUT2D eigenvalue weighted by Gasteiger charge is -2.10. The van der Waals surface area contributed by atoms with E-state index in [0.29, 0.717) is 0 Å². The average molecular weight is 290 g/mol. The number of methoxy groups -OCH3 is 1. The van der Waals surface area contributed by atoms with E-state index < -0.39 is 16.0 Å². The Hall–Kier alpha value is -1.38. The van der Waals surface area contributed by atoms with Gasteiger partial charge in [-0.1, -0.05) is 0 Å². The first-order chi connectivity index (χ1) is 8.81. The summed E-state index contributed by atoms with van der Waals surface area (Å²) in [5.41, 5.74) is 0.101. The van der Waals surface area contributed by atoms with Gasteiger partial charge in [-0.3, -0.25) is 0 Å². The van der Waals surface area contributed by atoms with Crippen LogP contribution in [0.5, 0.6) is 0 Å². The lowest BCUT2D eigenvalue weighted by Crippen LogP contribution is -2.37. The molecule has 0 saturated carbocycles. The zero-order chi connectivity index (χ0) is 14.6. The Bertz CT molecular complexity index is 549. The lowest BCUT2D eigenvalue weighted by molar-refractivity contribution is 0.0599. The minimum Gasteiger partial charge on any atom is -0.465 e. The zero-order valence-corrected chi connectivity index (χ0v) is 12.1. The molecule has 1 aromatic heterocycles. The summed E-state index contributed by atoms with van der Waals surface area (Å²) in [5, 5.41) is 2.60. The third-order valence-electron chi connectivity index (χ3n) is 2.64. The van der Waals surface area contributed by atoms with Crippen LogP contribution < -0.4 is 10.0 Å². The van der Waals surface area contributed by atoms with E-state index in [1.54, 1.807) is 7.05 Å². The SMILES string of the molecule is CNC(C)CNS(=O)(=O)c1cc(C(=O)OC)c(C)o1. The summed E-state index contributed by atoms with van der Waals surface area (Å²) in [6, 6.07) is 1.14. The smallest absolute Gasteiger partial charge is 0.341 e. The average Bonchev–Trinajstić information content (AvgIpc) is 2.78. The Morgan fingerprint density at radius 1 is 1.53 bits per heavy atom. The fraction of sp³-hybridized carbons (Fsp3) is 0.545. The molecule has 2 N–H and O–H groups in total. The lowest BCUT2D eigenvalue weighted by atomic mass is 10.3.